The Balaban J connectivity index is 1.82. The fourth-order valence-electron chi connectivity index (χ4n) is 2.68. The maximum absolute atomic E-state index is 13.6. The first kappa shape index (κ1) is 15.0. The molecule has 1 fully saturated rings. The van der Waals surface area contributed by atoms with Gasteiger partial charge in [0.2, 0.25) is 0 Å². The summed E-state index contributed by atoms with van der Waals surface area (Å²) in [4.78, 5) is 2.48. The van der Waals surface area contributed by atoms with Gasteiger partial charge < -0.3 is 5.32 Å². The molecule has 0 aliphatic carbocycles. The molecule has 0 saturated carbocycles. The van der Waals surface area contributed by atoms with Gasteiger partial charge in [-0.15, -0.1) is 0 Å². The van der Waals surface area contributed by atoms with E-state index in [2.05, 4.69) is 17.1 Å². The van der Waals surface area contributed by atoms with Crippen LogP contribution in [0, 0.1) is 17.1 Å². The lowest BCUT2D eigenvalue weighted by Crippen LogP contribution is -2.43. The first-order valence-electron chi connectivity index (χ1n) is 7.34. The van der Waals surface area contributed by atoms with Crippen molar-refractivity contribution in [1.82, 2.24) is 10.2 Å². The minimum absolute atomic E-state index is 0.248. The van der Waals surface area contributed by atoms with E-state index in [9.17, 15) is 4.39 Å². The van der Waals surface area contributed by atoms with Crippen LogP contribution >= 0.6 is 0 Å². The minimum atomic E-state index is -0.248. The minimum Gasteiger partial charge on any atom is -0.311 e. The molecule has 0 spiro atoms. The molecule has 1 saturated heterocycles. The number of nitrogens with zero attached hydrogens (tertiary/aromatic N) is 2. The van der Waals surface area contributed by atoms with Crippen LogP contribution in [0.4, 0.5) is 4.39 Å². The number of hydrogen-bond acceptors (Lipinski definition) is 3. The van der Waals surface area contributed by atoms with Gasteiger partial charge in [-0.05, 0) is 51.1 Å². The Morgan fingerprint density at radius 1 is 1.35 bits per heavy atom. The van der Waals surface area contributed by atoms with Crippen molar-refractivity contribution >= 4 is 0 Å². The fourth-order valence-corrected chi connectivity index (χ4v) is 2.68. The van der Waals surface area contributed by atoms with Gasteiger partial charge in [-0.25, -0.2) is 4.39 Å². The zero-order valence-electron chi connectivity index (χ0n) is 12.0. The summed E-state index contributed by atoms with van der Waals surface area (Å²) in [5.74, 6) is -0.248. The van der Waals surface area contributed by atoms with E-state index in [1.807, 2.05) is 6.07 Å². The van der Waals surface area contributed by atoms with E-state index in [1.54, 1.807) is 6.07 Å². The molecule has 0 amide bonds. The van der Waals surface area contributed by atoms with Gasteiger partial charge in [-0.3, -0.25) is 4.90 Å². The Morgan fingerprint density at radius 3 is 2.80 bits per heavy atom. The van der Waals surface area contributed by atoms with E-state index >= 15 is 0 Å². The Hall–Kier alpha value is -1.44. The highest BCUT2D eigenvalue weighted by atomic mass is 19.1. The maximum Gasteiger partial charge on any atom is 0.127 e. The average Bonchev–Trinajstić information content (AvgIpc) is 2.50. The zero-order valence-corrected chi connectivity index (χ0v) is 12.0. The lowest BCUT2D eigenvalue weighted by Gasteiger charge is -2.32. The molecule has 1 aromatic carbocycles. The number of hydrogen-bond donors (Lipinski definition) is 1. The van der Waals surface area contributed by atoms with Gasteiger partial charge in [-0.1, -0.05) is 6.42 Å². The third-order valence-electron chi connectivity index (χ3n) is 3.94. The summed E-state index contributed by atoms with van der Waals surface area (Å²) in [6.07, 6.45) is 3.90. The number of halogens is 1. The van der Waals surface area contributed by atoms with Crippen LogP contribution in [0.5, 0.6) is 0 Å². The lowest BCUT2D eigenvalue weighted by molar-refractivity contribution is 0.170. The molecular weight excluding hydrogens is 253 g/mol. The molecular formula is C16H22FN3. The summed E-state index contributed by atoms with van der Waals surface area (Å²) in [7, 11) is 0. The molecule has 1 atom stereocenters. The van der Waals surface area contributed by atoms with Crippen LogP contribution in [0.2, 0.25) is 0 Å². The molecule has 1 heterocycles. The van der Waals surface area contributed by atoms with Crippen LogP contribution < -0.4 is 5.32 Å². The zero-order chi connectivity index (χ0) is 14.4. The predicted molar refractivity (Wildman–Crippen MR) is 77.7 cm³/mol. The second kappa shape index (κ2) is 7.37. The molecule has 0 radical (unpaired) electrons. The highest BCUT2D eigenvalue weighted by Crippen LogP contribution is 2.12. The fraction of sp³-hybridized carbons (Fsp3) is 0.562. The van der Waals surface area contributed by atoms with E-state index in [0.717, 1.165) is 6.54 Å². The first-order valence-corrected chi connectivity index (χ1v) is 7.34. The van der Waals surface area contributed by atoms with Gasteiger partial charge in [0.15, 0.2) is 0 Å². The normalized spacial score (nSPS) is 17.6. The Bertz CT molecular complexity index is 475. The Labute approximate surface area is 120 Å². The largest absolute Gasteiger partial charge is 0.311 e. The standard InChI is InChI=1S/C16H22FN3/c1-13(20-7-3-2-4-8-20)11-19-12-15-9-14(10-18)5-6-16(15)17/h5-6,9,13,19H,2-4,7-8,11-12H2,1H3. The molecule has 1 aliphatic rings. The van der Waals surface area contributed by atoms with Crippen molar-refractivity contribution in [2.24, 2.45) is 0 Å². The first-order chi connectivity index (χ1) is 9.70. The molecule has 1 aromatic rings. The highest BCUT2D eigenvalue weighted by molar-refractivity contribution is 5.33. The third kappa shape index (κ3) is 4.03. The molecule has 0 aromatic heterocycles. The topological polar surface area (TPSA) is 39.1 Å². The van der Waals surface area contributed by atoms with E-state index in [-0.39, 0.29) is 5.82 Å². The molecule has 0 bridgehead atoms. The maximum atomic E-state index is 13.6. The molecule has 1 unspecified atom stereocenters. The monoisotopic (exact) mass is 275 g/mol. The van der Waals surface area contributed by atoms with Gasteiger partial charge in [0.1, 0.15) is 5.82 Å². The number of benzene rings is 1. The van der Waals surface area contributed by atoms with Crippen LogP contribution in [0.15, 0.2) is 18.2 Å². The van der Waals surface area contributed by atoms with E-state index < -0.39 is 0 Å². The molecule has 1 aliphatic heterocycles. The van der Waals surface area contributed by atoms with Crippen molar-refractivity contribution in [3.8, 4) is 6.07 Å². The molecule has 20 heavy (non-hydrogen) atoms. The van der Waals surface area contributed by atoms with Crippen molar-refractivity contribution in [3.05, 3.63) is 35.1 Å². The quantitative estimate of drug-likeness (QED) is 0.898. The second-order valence-corrected chi connectivity index (χ2v) is 5.49. The van der Waals surface area contributed by atoms with Gasteiger partial charge in [-0.2, -0.15) is 5.26 Å². The third-order valence-corrected chi connectivity index (χ3v) is 3.94. The number of likely N-dealkylation sites (tertiary alicyclic amines) is 1. The Morgan fingerprint density at radius 2 is 2.10 bits per heavy atom. The van der Waals surface area contributed by atoms with Crippen LogP contribution in [0.25, 0.3) is 0 Å². The SMILES string of the molecule is CC(CNCc1cc(C#N)ccc1F)N1CCCCC1. The van der Waals surface area contributed by atoms with Crippen LogP contribution in [-0.2, 0) is 6.54 Å². The average molecular weight is 275 g/mol. The van der Waals surface area contributed by atoms with E-state index in [1.165, 1.54) is 44.5 Å². The van der Waals surface area contributed by atoms with Gasteiger partial charge in [0.05, 0.1) is 11.6 Å². The number of nitrogens with one attached hydrogen (secondary N) is 1. The molecule has 108 valence electrons. The van der Waals surface area contributed by atoms with Crippen LogP contribution in [0.3, 0.4) is 0 Å². The summed E-state index contributed by atoms with van der Waals surface area (Å²) in [6.45, 7) is 5.86. The van der Waals surface area contributed by atoms with Crippen LogP contribution in [-0.4, -0.2) is 30.6 Å². The number of piperidine rings is 1. The van der Waals surface area contributed by atoms with E-state index in [4.69, 9.17) is 5.26 Å². The van der Waals surface area contributed by atoms with Gasteiger partial charge in [0, 0.05) is 24.7 Å². The predicted octanol–water partition coefficient (Wildman–Crippen LogP) is 2.66. The van der Waals surface area contributed by atoms with Crippen molar-refractivity contribution in [2.45, 2.75) is 38.8 Å². The van der Waals surface area contributed by atoms with Crippen molar-refractivity contribution in [2.75, 3.05) is 19.6 Å². The second-order valence-electron chi connectivity index (χ2n) is 5.49. The van der Waals surface area contributed by atoms with Crippen molar-refractivity contribution in [3.63, 3.8) is 0 Å². The van der Waals surface area contributed by atoms with E-state index in [0.29, 0.717) is 23.7 Å². The number of nitriles is 1. The van der Waals surface area contributed by atoms with Crippen molar-refractivity contribution in [1.29, 1.82) is 5.26 Å². The highest BCUT2D eigenvalue weighted by Gasteiger charge is 2.16. The van der Waals surface area contributed by atoms with Gasteiger partial charge in [0.25, 0.3) is 0 Å². The molecule has 3 nitrogen and oxygen atoms in total. The molecule has 1 N–H and O–H groups in total. The summed E-state index contributed by atoms with van der Waals surface area (Å²) < 4.78 is 13.6. The number of rotatable bonds is 5. The summed E-state index contributed by atoms with van der Waals surface area (Å²) in [6, 6.07) is 7.01. The lowest BCUT2D eigenvalue weighted by atomic mass is 10.1. The smallest absolute Gasteiger partial charge is 0.127 e. The summed E-state index contributed by atoms with van der Waals surface area (Å²) in [5.41, 5.74) is 1.07. The van der Waals surface area contributed by atoms with Crippen molar-refractivity contribution < 1.29 is 4.39 Å². The molecule has 4 heteroatoms. The Kier molecular flexibility index (Phi) is 5.51. The van der Waals surface area contributed by atoms with Gasteiger partial charge >= 0.3 is 0 Å². The summed E-state index contributed by atoms with van der Waals surface area (Å²) in [5, 5.41) is 12.1. The molecule has 2 rings (SSSR count). The van der Waals surface area contributed by atoms with Crippen LogP contribution in [0.1, 0.15) is 37.3 Å². The summed E-state index contributed by atoms with van der Waals surface area (Å²) >= 11 is 0.